The van der Waals surface area contributed by atoms with Gasteiger partial charge >= 0.3 is 0 Å². The van der Waals surface area contributed by atoms with Crippen molar-refractivity contribution in [3.8, 4) is 16.9 Å². The first-order valence-electron chi connectivity index (χ1n) is 8.52. The molecule has 0 unspecified atom stereocenters. The van der Waals surface area contributed by atoms with E-state index in [-0.39, 0.29) is 0 Å². The second kappa shape index (κ2) is 7.00. The molecule has 0 saturated heterocycles. The highest BCUT2D eigenvalue weighted by Crippen LogP contribution is 2.35. The number of halogens is 2. The molecule has 0 bridgehead atoms. The lowest BCUT2D eigenvalue weighted by atomic mass is 10.0. The van der Waals surface area contributed by atoms with E-state index < -0.39 is 0 Å². The van der Waals surface area contributed by atoms with Crippen molar-refractivity contribution in [3.05, 3.63) is 62.2 Å². The lowest BCUT2D eigenvalue weighted by molar-refractivity contribution is 0.779. The standard InChI is InChI=1S/C20H19ClIN3/c1-13-8-9-15(21)12-18(13)25-20-17(7-2-3-10-23-20)19(24-25)14-5-4-6-16(22)11-14/h4-6,8-9,11-12,23H,2-3,7,10H2,1H3. The summed E-state index contributed by atoms with van der Waals surface area (Å²) in [6.07, 6.45) is 3.40. The van der Waals surface area contributed by atoms with Crippen molar-refractivity contribution in [3.63, 3.8) is 0 Å². The Morgan fingerprint density at radius 1 is 1.16 bits per heavy atom. The molecule has 0 amide bonds. The number of aryl methyl sites for hydroxylation is 1. The summed E-state index contributed by atoms with van der Waals surface area (Å²) in [5.74, 6) is 1.11. The largest absolute Gasteiger partial charge is 0.370 e. The summed E-state index contributed by atoms with van der Waals surface area (Å²) in [4.78, 5) is 0. The fourth-order valence-electron chi connectivity index (χ4n) is 3.36. The SMILES string of the molecule is Cc1ccc(Cl)cc1-n1nc(-c2cccc(I)c2)c2c1NCCCC2. The number of anilines is 1. The van der Waals surface area contributed by atoms with Crippen molar-refractivity contribution in [2.24, 2.45) is 0 Å². The molecule has 1 N–H and O–H groups in total. The number of fused-ring (bicyclic) bond motifs is 1. The Kier molecular flexibility index (Phi) is 4.73. The molecule has 0 fully saturated rings. The highest BCUT2D eigenvalue weighted by atomic mass is 127. The third-order valence-corrected chi connectivity index (χ3v) is 5.53. The van der Waals surface area contributed by atoms with E-state index in [1.54, 1.807) is 0 Å². The number of hydrogen-bond acceptors (Lipinski definition) is 2. The number of nitrogens with zero attached hydrogens (tertiary/aromatic N) is 2. The van der Waals surface area contributed by atoms with E-state index in [1.807, 2.05) is 22.9 Å². The Balaban J connectivity index is 1.95. The number of hydrogen-bond donors (Lipinski definition) is 1. The van der Waals surface area contributed by atoms with Gasteiger partial charge in [0.2, 0.25) is 0 Å². The van der Waals surface area contributed by atoms with Gasteiger partial charge in [-0.1, -0.05) is 29.8 Å². The molecule has 5 heteroatoms. The van der Waals surface area contributed by atoms with Gasteiger partial charge in [-0.3, -0.25) is 0 Å². The fourth-order valence-corrected chi connectivity index (χ4v) is 4.06. The van der Waals surface area contributed by atoms with Crippen molar-refractivity contribution in [1.29, 1.82) is 0 Å². The molecular weight excluding hydrogens is 445 g/mol. The monoisotopic (exact) mass is 463 g/mol. The smallest absolute Gasteiger partial charge is 0.133 e. The predicted octanol–water partition coefficient (Wildman–Crippen LogP) is 5.85. The maximum atomic E-state index is 6.26. The Hall–Kier alpha value is -1.53. The van der Waals surface area contributed by atoms with Crippen molar-refractivity contribution in [1.82, 2.24) is 9.78 Å². The lowest BCUT2D eigenvalue weighted by Gasteiger charge is -2.12. The molecule has 1 aliphatic heterocycles. The Bertz CT molecular complexity index is 933. The average molecular weight is 464 g/mol. The molecule has 3 aromatic rings. The molecule has 0 radical (unpaired) electrons. The van der Waals surface area contributed by atoms with Crippen LogP contribution in [0.3, 0.4) is 0 Å². The van der Waals surface area contributed by atoms with Gasteiger partial charge in [0, 0.05) is 26.3 Å². The summed E-state index contributed by atoms with van der Waals surface area (Å²) >= 11 is 8.62. The van der Waals surface area contributed by atoms with Crippen molar-refractivity contribution in [2.75, 3.05) is 11.9 Å². The Morgan fingerprint density at radius 2 is 2.04 bits per heavy atom. The van der Waals surface area contributed by atoms with Gasteiger partial charge in [-0.05, 0) is 78.6 Å². The molecular formula is C20H19ClIN3. The van der Waals surface area contributed by atoms with Crippen LogP contribution in [0.1, 0.15) is 24.0 Å². The molecule has 3 nitrogen and oxygen atoms in total. The van der Waals surface area contributed by atoms with Gasteiger partial charge in [0.05, 0.1) is 11.4 Å². The minimum absolute atomic E-state index is 0.731. The normalized spacial score (nSPS) is 13.9. The van der Waals surface area contributed by atoms with Gasteiger partial charge in [0.25, 0.3) is 0 Å². The van der Waals surface area contributed by atoms with E-state index in [9.17, 15) is 0 Å². The molecule has 1 aliphatic rings. The van der Waals surface area contributed by atoms with Gasteiger partial charge in [0.15, 0.2) is 0 Å². The predicted molar refractivity (Wildman–Crippen MR) is 113 cm³/mol. The van der Waals surface area contributed by atoms with Crippen LogP contribution in [0.5, 0.6) is 0 Å². The molecule has 0 aliphatic carbocycles. The van der Waals surface area contributed by atoms with Crippen molar-refractivity contribution < 1.29 is 0 Å². The zero-order valence-corrected chi connectivity index (χ0v) is 16.9. The molecule has 1 aromatic heterocycles. The summed E-state index contributed by atoms with van der Waals surface area (Å²) in [5, 5.41) is 9.34. The van der Waals surface area contributed by atoms with Crippen LogP contribution in [0.15, 0.2) is 42.5 Å². The molecule has 0 spiro atoms. The summed E-state index contributed by atoms with van der Waals surface area (Å²) in [6.45, 7) is 3.08. The Labute approximate surface area is 166 Å². The number of benzene rings is 2. The van der Waals surface area contributed by atoms with Crippen molar-refractivity contribution >= 4 is 40.0 Å². The van der Waals surface area contributed by atoms with E-state index in [0.717, 1.165) is 40.8 Å². The van der Waals surface area contributed by atoms with Crippen LogP contribution in [0.4, 0.5) is 5.82 Å². The van der Waals surface area contributed by atoms with Gasteiger partial charge < -0.3 is 5.32 Å². The summed E-state index contributed by atoms with van der Waals surface area (Å²) in [6, 6.07) is 14.5. The van der Waals surface area contributed by atoms with Crippen LogP contribution in [0.25, 0.3) is 16.9 Å². The van der Waals surface area contributed by atoms with Gasteiger partial charge in [0.1, 0.15) is 5.82 Å². The third kappa shape index (κ3) is 3.29. The molecule has 128 valence electrons. The van der Waals surface area contributed by atoms with Crippen LogP contribution < -0.4 is 5.32 Å². The second-order valence-electron chi connectivity index (χ2n) is 6.41. The first-order valence-corrected chi connectivity index (χ1v) is 9.97. The molecule has 0 saturated carbocycles. The van der Waals surface area contributed by atoms with Crippen molar-refractivity contribution in [2.45, 2.75) is 26.2 Å². The van der Waals surface area contributed by atoms with E-state index in [4.69, 9.17) is 16.7 Å². The van der Waals surface area contributed by atoms with Crippen LogP contribution >= 0.6 is 34.2 Å². The lowest BCUT2D eigenvalue weighted by Crippen LogP contribution is -2.08. The molecule has 2 aromatic carbocycles. The number of nitrogens with one attached hydrogen (secondary N) is 1. The summed E-state index contributed by atoms with van der Waals surface area (Å²) in [7, 11) is 0. The third-order valence-electron chi connectivity index (χ3n) is 4.63. The van der Waals surface area contributed by atoms with E-state index in [1.165, 1.54) is 27.5 Å². The van der Waals surface area contributed by atoms with E-state index in [2.05, 4.69) is 59.1 Å². The van der Waals surface area contributed by atoms with E-state index >= 15 is 0 Å². The fraction of sp³-hybridized carbons (Fsp3) is 0.250. The highest BCUT2D eigenvalue weighted by Gasteiger charge is 2.22. The zero-order valence-electron chi connectivity index (χ0n) is 14.0. The first kappa shape index (κ1) is 16.9. The van der Waals surface area contributed by atoms with Crippen LogP contribution in [-0.2, 0) is 6.42 Å². The van der Waals surface area contributed by atoms with Crippen LogP contribution in [0.2, 0.25) is 5.02 Å². The van der Waals surface area contributed by atoms with E-state index in [0.29, 0.717) is 0 Å². The minimum atomic E-state index is 0.731. The number of aromatic nitrogens is 2. The number of rotatable bonds is 2. The average Bonchev–Trinajstić information content (AvgIpc) is 2.78. The Morgan fingerprint density at radius 3 is 2.88 bits per heavy atom. The van der Waals surface area contributed by atoms with Gasteiger partial charge in [-0.2, -0.15) is 5.10 Å². The van der Waals surface area contributed by atoms with Crippen LogP contribution in [-0.4, -0.2) is 16.3 Å². The molecule has 2 heterocycles. The maximum Gasteiger partial charge on any atom is 0.133 e. The molecule has 4 rings (SSSR count). The first-order chi connectivity index (χ1) is 12.1. The summed E-state index contributed by atoms with van der Waals surface area (Å²) in [5.41, 5.74) is 5.75. The van der Waals surface area contributed by atoms with Crippen LogP contribution in [0, 0.1) is 10.5 Å². The zero-order chi connectivity index (χ0) is 17.4. The quantitative estimate of drug-likeness (QED) is 0.483. The topological polar surface area (TPSA) is 29.9 Å². The highest BCUT2D eigenvalue weighted by molar-refractivity contribution is 14.1. The summed E-state index contributed by atoms with van der Waals surface area (Å²) < 4.78 is 3.26. The minimum Gasteiger partial charge on any atom is -0.370 e. The maximum absolute atomic E-state index is 6.26. The molecule has 25 heavy (non-hydrogen) atoms. The van der Waals surface area contributed by atoms with Gasteiger partial charge in [-0.15, -0.1) is 0 Å². The molecule has 0 atom stereocenters. The van der Waals surface area contributed by atoms with Gasteiger partial charge in [-0.25, -0.2) is 4.68 Å². The second-order valence-corrected chi connectivity index (χ2v) is 8.09.